The molecular weight excluding hydrogens is 224 g/mol. The van der Waals surface area contributed by atoms with Crippen LogP contribution in [0.25, 0.3) is 0 Å². The second-order valence-electron chi connectivity index (χ2n) is 4.93. The molecule has 0 rings (SSSR count). The molecule has 98 valence electrons. The summed E-state index contributed by atoms with van der Waals surface area (Å²) in [4.78, 5) is 0. The third-order valence-corrected chi connectivity index (χ3v) is 4.58. The van der Waals surface area contributed by atoms with Gasteiger partial charge in [0.05, 0.1) is 0 Å². The molecule has 1 unspecified atom stereocenters. The Balaban J connectivity index is 4.45. The van der Waals surface area contributed by atoms with Crippen molar-refractivity contribution < 1.29 is 8.42 Å². The molecule has 0 aromatic carbocycles. The van der Waals surface area contributed by atoms with Gasteiger partial charge in [-0.05, 0) is 32.6 Å². The Morgan fingerprint density at radius 3 is 2.06 bits per heavy atom. The SMILES string of the molecule is CCC(C)N(C)S(=O)(=O)N[C@H](C)CC(C)C. The second-order valence-corrected chi connectivity index (χ2v) is 6.69. The lowest BCUT2D eigenvalue weighted by Crippen LogP contribution is -2.46. The Morgan fingerprint density at radius 1 is 1.19 bits per heavy atom. The molecule has 0 aliphatic heterocycles. The van der Waals surface area contributed by atoms with Crippen LogP contribution in [0.4, 0.5) is 0 Å². The van der Waals surface area contributed by atoms with Crippen molar-refractivity contribution in [2.24, 2.45) is 5.92 Å². The topological polar surface area (TPSA) is 49.4 Å². The van der Waals surface area contributed by atoms with E-state index >= 15 is 0 Å². The van der Waals surface area contributed by atoms with Gasteiger partial charge in [-0.2, -0.15) is 17.4 Å². The first-order chi connectivity index (χ1) is 7.20. The number of hydrogen-bond donors (Lipinski definition) is 1. The standard InChI is InChI=1S/C11H26N2O2S/c1-7-11(5)13(6)16(14,15)12-10(4)8-9(2)3/h9-12H,7-8H2,1-6H3/t10-,11?/m1/s1. The quantitative estimate of drug-likeness (QED) is 0.751. The van der Waals surface area contributed by atoms with Crippen LogP contribution < -0.4 is 4.72 Å². The van der Waals surface area contributed by atoms with Crippen molar-refractivity contribution in [3.05, 3.63) is 0 Å². The number of hydrogen-bond acceptors (Lipinski definition) is 2. The monoisotopic (exact) mass is 250 g/mol. The van der Waals surface area contributed by atoms with Crippen molar-refractivity contribution >= 4 is 10.2 Å². The molecule has 0 amide bonds. The zero-order valence-electron chi connectivity index (χ0n) is 11.3. The molecule has 0 bridgehead atoms. The third kappa shape index (κ3) is 5.27. The van der Waals surface area contributed by atoms with Crippen molar-refractivity contribution in [3.63, 3.8) is 0 Å². The summed E-state index contributed by atoms with van der Waals surface area (Å²) in [7, 11) is -1.71. The van der Waals surface area contributed by atoms with Gasteiger partial charge >= 0.3 is 0 Å². The molecule has 0 radical (unpaired) electrons. The molecule has 0 aromatic heterocycles. The smallest absolute Gasteiger partial charge is 0.199 e. The number of rotatable bonds is 7. The fraction of sp³-hybridized carbons (Fsp3) is 1.00. The summed E-state index contributed by atoms with van der Waals surface area (Å²) >= 11 is 0. The van der Waals surface area contributed by atoms with E-state index in [2.05, 4.69) is 18.6 Å². The molecule has 0 saturated carbocycles. The average Bonchev–Trinajstić information content (AvgIpc) is 2.13. The van der Waals surface area contributed by atoms with Crippen LogP contribution >= 0.6 is 0 Å². The lowest BCUT2D eigenvalue weighted by Gasteiger charge is -2.26. The van der Waals surface area contributed by atoms with Crippen LogP contribution in [0.2, 0.25) is 0 Å². The van der Waals surface area contributed by atoms with E-state index in [1.165, 1.54) is 4.31 Å². The molecule has 0 saturated heterocycles. The predicted molar refractivity (Wildman–Crippen MR) is 68.5 cm³/mol. The van der Waals surface area contributed by atoms with Gasteiger partial charge in [0.1, 0.15) is 0 Å². The minimum absolute atomic E-state index is 0.0171. The van der Waals surface area contributed by atoms with E-state index in [0.717, 1.165) is 12.8 Å². The lowest BCUT2D eigenvalue weighted by atomic mass is 10.1. The van der Waals surface area contributed by atoms with Crippen molar-refractivity contribution in [1.82, 2.24) is 9.03 Å². The van der Waals surface area contributed by atoms with Crippen molar-refractivity contribution in [2.75, 3.05) is 7.05 Å². The third-order valence-electron chi connectivity index (χ3n) is 2.77. The highest BCUT2D eigenvalue weighted by atomic mass is 32.2. The molecule has 0 aliphatic carbocycles. The highest BCUT2D eigenvalue weighted by Gasteiger charge is 2.23. The van der Waals surface area contributed by atoms with Gasteiger partial charge in [-0.25, -0.2) is 0 Å². The Kier molecular flexibility index (Phi) is 6.51. The highest BCUT2D eigenvalue weighted by Crippen LogP contribution is 2.09. The van der Waals surface area contributed by atoms with Gasteiger partial charge in [-0.1, -0.05) is 20.8 Å². The fourth-order valence-electron chi connectivity index (χ4n) is 1.59. The summed E-state index contributed by atoms with van der Waals surface area (Å²) in [6, 6.07) is 0.0141. The summed E-state index contributed by atoms with van der Waals surface area (Å²) < 4.78 is 28.0. The van der Waals surface area contributed by atoms with Gasteiger partial charge in [0.2, 0.25) is 0 Å². The summed E-state index contributed by atoms with van der Waals surface area (Å²) in [6.45, 7) is 9.97. The van der Waals surface area contributed by atoms with Gasteiger partial charge < -0.3 is 0 Å². The maximum atomic E-state index is 11.9. The van der Waals surface area contributed by atoms with E-state index in [9.17, 15) is 8.42 Å². The summed E-state index contributed by atoms with van der Waals surface area (Å²) in [6.07, 6.45) is 1.67. The minimum atomic E-state index is -3.33. The van der Waals surface area contributed by atoms with E-state index in [-0.39, 0.29) is 12.1 Å². The van der Waals surface area contributed by atoms with E-state index in [1.54, 1.807) is 7.05 Å². The molecule has 2 atom stereocenters. The second kappa shape index (κ2) is 6.57. The van der Waals surface area contributed by atoms with Gasteiger partial charge in [0, 0.05) is 19.1 Å². The Bertz CT molecular complexity index is 288. The van der Waals surface area contributed by atoms with Crippen LogP contribution in [-0.4, -0.2) is 31.9 Å². The van der Waals surface area contributed by atoms with E-state index < -0.39 is 10.2 Å². The first-order valence-corrected chi connectivity index (χ1v) is 7.40. The minimum Gasteiger partial charge on any atom is -0.199 e. The highest BCUT2D eigenvalue weighted by molar-refractivity contribution is 7.87. The van der Waals surface area contributed by atoms with Crippen molar-refractivity contribution in [1.29, 1.82) is 0 Å². The normalized spacial score (nSPS) is 16.8. The van der Waals surface area contributed by atoms with Crippen LogP contribution in [0.3, 0.4) is 0 Å². The first-order valence-electron chi connectivity index (χ1n) is 5.96. The maximum absolute atomic E-state index is 11.9. The average molecular weight is 250 g/mol. The van der Waals surface area contributed by atoms with E-state index in [0.29, 0.717) is 5.92 Å². The van der Waals surface area contributed by atoms with Crippen LogP contribution in [0.5, 0.6) is 0 Å². The van der Waals surface area contributed by atoms with Gasteiger partial charge in [0.15, 0.2) is 0 Å². The number of nitrogens with one attached hydrogen (secondary N) is 1. The summed E-state index contributed by atoms with van der Waals surface area (Å²) in [5.41, 5.74) is 0. The van der Waals surface area contributed by atoms with Crippen LogP contribution in [0.15, 0.2) is 0 Å². The largest absolute Gasteiger partial charge is 0.279 e. The predicted octanol–water partition coefficient (Wildman–Crippen LogP) is 1.99. The molecule has 1 N–H and O–H groups in total. The first kappa shape index (κ1) is 15.9. The maximum Gasteiger partial charge on any atom is 0.279 e. The molecule has 0 aromatic rings. The summed E-state index contributed by atoms with van der Waals surface area (Å²) in [5, 5.41) is 0. The number of nitrogens with zero attached hydrogens (tertiary/aromatic N) is 1. The van der Waals surface area contributed by atoms with Crippen LogP contribution in [0.1, 0.15) is 47.5 Å². The molecular formula is C11H26N2O2S. The molecule has 16 heavy (non-hydrogen) atoms. The lowest BCUT2D eigenvalue weighted by molar-refractivity contribution is 0.366. The zero-order chi connectivity index (χ0) is 12.9. The molecule has 0 fully saturated rings. The van der Waals surface area contributed by atoms with Gasteiger partial charge in [-0.15, -0.1) is 0 Å². The Morgan fingerprint density at radius 2 is 1.69 bits per heavy atom. The molecule has 0 spiro atoms. The molecule has 5 heteroatoms. The molecule has 0 aliphatic rings. The molecule has 0 heterocycles. The van der Waals surface area contributed by atoms with Gasteiger partial charge in [0.25, 0.3) is 10.2 Å². The van der Waals surface area contributed by atoms with E-state index in [1.807, 2.05) is 20.8 Å². The van der Waals surface area contributed by atoms with Crippen LogP contribution in [0, 0.1) is 5.92 Å². The zero-order valence-corrected chi connectivity index (χ0v) is 12.1. The summed E-state index contributed by atoms with van der Waals surface area (Å²) in [5.74, 6) is 0.492. The Hall–Kier alpha value is -0.130. The Labute approximate surface area is 101 Å². The fourth-order valence-corrected chi connectivity index (χ4v) is 2.98. The van der Waals surface area contributed by atoms with Crippen LogP contribution in [-0.2, 0) is 10.2 Å². The van der Waals surface area contributed by atoms with E-state index in [4.69, 9.17) is 0 Å². The van der Waals surface area contributed by atoms with Gasteiger partial charge in [-0.3, -0.25) is 0 Å². The molecule has 4 nitrogen and oxygen atoms in total. The van der Waals surface area contributed by atoms with Crippen molar-refractivity contribution in [2.45, 2.75) is 59.5 Å². The van der Waals surface area contributed by atoms with Crippen molar-refractivity contribution in [3.8, 4) is 0 Å².